The predicted octanol–water partition coefficient (Wildman–Crippen LogP) is 0.657. The van der Waals surface area contributed by atoms with Gasteiger partial charge in [0.2, 0.25) is 0 Å². The molecule has 0 spiro atoms. The Bertz CT molecular complexity index is 304. The van der Waals surface area contributed by atoms with Crippen LogP contribution in [0.4, 0.5) is 0 Å². The summed E-state index contributed by atoms with van der Waals surface area (Å²) >= 11 is 0. The van der Waals surface area contributed by atoms with Crippen LogP contribution in [-0.4, -0.2) is 48.7 Å². The van der Waals surface area contributed by atoms with Gasteiger partial charge in [0.1, 0.15) is 0 Å². The fraction of sp³-hybridized carbons (Fsp3) is 0.846. The minimum atomic E-state index is -0.549. The van der Waals surface area contributed by atoms with Gasteiger partial charge < -0.3 is 24.4 Å². The minimum absolute atomic E-state index is 0.00833. The van der Waals surface area contributed by atoms with Crippen molar-refractivity contribution in [2.24, 2.45) is 11.8 Å². The molecule has 0 saturated carbocycles. The maximum absolute atomic E-state index is 10.0. The molecule has 2 aliphatic rings. The molecule has 104 valence electrons. The van der Waals surface area contributed by atoms with E-state index in [0.717, 1.165) is 5.57 Å². The lowest BCUT2D eigenvalue weighted by Crippen LogP contribution is -2.45. The maximum Gasteiger partial charge on any atom is 0.167 e. The van der Waals surface area contributed by atoms with E-state index in [4.69, 9.17) is 14.2 Å². The van der Waals surface area contributed by atoms with E-state index in [2.05, 4.69) is 0 Å². The number of ether oxygens (including phenoxy) is 3. The molecule has 1 aliphatic heterocycles. The van der Waals surface area contributed by atoms with Crippen molar-refractivity contribution in [3.63, 3.8) is 0 Å². The Morgan fingerprint density at radius 3 is 2.67 bits per heavy atom. The first-order valence-electron chi connectivity index (χ1n) is 6.59. The van der Waals surface area contributed by atoms with Gasteiger partial charge >= 0.3 is 0 Å². The lowest BCUT2D eigenvalue weighted by molar-refractivity contribution is -0.294. The Kier molecular flexibility index (Phi) is 4.75. The van der Waals surface area contributed by atoms with Gasteiger partial charge in [0.15, 0.2) is 12.6 Å². The summed E-state index contributed by atoms with van der Waals surface area (Å²) < 4.78 is 16.8. The highest BCUT2D eigenvalue weighted by Crippen LogP contribution is 2.43. The molecule has 0 aromatic carbocycles. The highest BCUT2D eigenvalue weighted by atomic mass is 16.8. The lowest BCUT2D eigenvalue weighted by Gasteiger charge is -2.40. The molecule has 1 heterocycles. The monoisotopic (exact) mass is 258 g/mol. The summed E-state index contributed by atoms with van der Waals surface area (Å²) in [6.45, 7) is 4.84. The first-order chi connectivity index (χ1) is 8.71. The number of aliphatic hydroxyl groups is 2. The molecule has 0 aromatic rings. The van der Waals surface area contributed by atoms with Gasteiger partial charge in [0, 0.05) is 31.5 Å². The van der Waals surface area contributed by atoms with Crippen molar-refractivity contribution in [1.82, 2.24) is 0 Å². The van der Waals surface area contributed by atoms with E-state index in [1.807, 2.05) is 13.8 Å². The van der Waals surface area contributed by atoms with E-state index in [-0.39, 0.29) is 24.7 Å². The van der Waals surface area contributed by atoms with Crippen molar-refractivity contribution in [2.75, 3.05) is 19.8 Å². The number of fused-ring (bicyclic) bond motifs is 1. The van der Waals surface area contributed by atoms with Crippen molar-refractivity contribution in [3.8, 4) is 0 Å². The zero-order chi connectivity index (χ0) is 13.1. The minimum Gasteiger partial charge on any atom is -0.392 e. The normalized spacial score (nSPS) is 39.6. The summed E-state index contributed by atoms with van der Waals surface area (Å²) in [5.74, 6) is -0.0596. The molecule has 0 bridgehead atoms. The summed E-state index contributed by atoms with van der Waals surface area (Å²) in [5.41, 5.74) is 0.806. The largest absolute Gasteiger partial charge is 0.392 e. The zero-order valence-corrected chi connectivity index (χ0v) is 10.9. The molecule has 5 heteroatoms. The molecule has 0 amide bonds. The van der Waals surface area contributed by atoms with Gasteiger partial charge in [-0.3, -0.25) is 0 Å². The molecule has 1 saturated heterocycles. The predicted molar refractivity (Wildman–Crippen MR) is 64.7 cm³/mol. The Morgan fingerprint density at radius 2 is 2.06 bits per heavy atom. The molecule has 2 N–H and O–H groups in total. The van der Waals surface area contributed by atoms with Gasteiger partial charge in [-0.1, -0.05) is 6.08 Å². The summed E-state index contributed by atoms with van der Waals surface area (Å²) in [5, 5.41) is 19.4. The van der Waals surface area contributed by atoms with Crippen LogP contribution in [0, 0.1) is 11.8 Å². The molecular weight excluding hydrogens is 236 g/mol. The summed E-state index contributed by atoms with van der Waals surface area (Å²) in [7, 11) is 0. The van der Waals surface area contributed by atoms with Gasteiger partial charge in [0.05, 0.1) is 12.7 Å². The van der Waals surface area contributed by atoms with Crippen LogP contribution in [0.1, 0.15) is 20.3 Å². The highest BCUT2D eigenvalue weighted by molar-refractivity contribution is 5.21. The molecule has 5 nitrogen and oxygen atoms in total. The van der Waals surface area contributed by atoms with E-state index in [0.29, 0.717) is 19.6 Å². The highest BCUT2D eigenvalue weighted by Gasteiger charge is 2.47. The van der Waals surface area contributed by atoms with Gasteiger partial charge in [0.25, 0.3) is 0 Å². The van der Waals surface area contributed by atoms with E-state index < -0.39 is 12.4 Å². The average molecular weight is 258 g/mol. The van der Waals surface area contributed by atoms with E-state index in [9.17, 15) is 10.2 Å². The topological polar surface area (TPSA) is 68.2 Å². The maximum atomic E-state index is 10.0. The fourth-order valence-corrected chi connectivity index (χ4v) is 2.87. The third kappa shape index (κ3) is 2.60. The smallest absolute Gasteiger partial charge is 0.167 e. The summed E-state index contributed by atoms with van der Waals surface area (Å²) in [6, 6.07) is 0. The average Bonchev–Trinajstić information content (AvgIpc) is 2.68. The van der Waals surface area contributed by atoms with Crippen LogP contribution >= 0.6 is 0 Å². The van der Waals surface area contributed by atoms with E-state index in [1.165, 1.54) is 0 Å². The van der Waals surface area contributed by atoms with Gasteiger partial charge in [-0.05, 0) is 19.4 Å². The molecule has 5 atom stereocenters. The fourth-order valence-electron chi connectivity index (χ4n) is 2.87. The number of hydrogen-bond donors (Lipinski definition) is 2. The van der Waals surface area contributed by atoms with Crippen LogP contribution in [-0.2, 0) is 14.2 Å². The first-order valence-corrected chi connectivity index (χ1v) is 6.59. The first kappa shape index (κ1) is 14.0. The van der Waals surface area contributed by atoms with Crippen LogP contribution in [0.3, 0.4) is 0 Å². The summed E-state index contributed by atoms with van der Waals surface area (Å²) in [6.07, 6.45) is 1.02. The van der Waals surface area contributed by atoms with Crippen LogP contribution in [0.15, 0.2) is 11.6 Å². The Balaban J connectivity index is 2.13. The Morgan fingerprint density at radius 1 is 1.33 bits per heavy atom. The second-order valence-corrected chi connectivity index (χ2v) is 4.66. The van der Waals surface area contributed by atoms with Crippen molar-refractivity contribution >= 4 is 0 Å². The number of aliphatic hydroxyl groups excluding tert-OH is 2. The molecule has 2 rings (SSSR count). The standard InChI is InChI=1S/C13H22O5/c1-3-16-11-6-9-10(15)5-8(7-14)12(9)13(18-11)17-4-2/h5,9-15H,3-4,6-7H2,1-2H3/t9-,10+,11?,12+,13?/m0/s1. The second-order valence-electron chi connectivity index (χ2n) is 4.66. The number of hydrogen-bond acceptors (Lipinski definition) is 5. The van der Waals surface area contributed by atoms with Gasteiger partial charge in [-0.2, -0.15) is 0 Å². The molecule has 18 heavy (non-hydrogen) atoms. The molecule has 0 radical (unpaired) electrons. The molecule has 0 aromatic heterocycles. The quantitative estimate of drug-likeness (QED) is 0.709. The van der Waals surface area contributed by atoms with Gasteiger partial charge in [-0.25, -0.2) is 0 Å². The second kappa shape index (κ2) is 6.12. The Labute approximate surface area is 107 Å². The molecular formula is C13H22O5. The third-order valence-corrected chi connectivity index (χ3v) is 3.62. The molecule has 1 fully saturated rings. The molecule has 2 unspecified atom stereocenters. The van der Waals surface area contributed by atoms with E-state index in [1.54, 1.807) is 6.08 Å². The van der Waals surface area contributed by atoms with Crippen LogP contribution < -0.4 is 0 Å². The van der Waals surface area contributed by atoms with Crippen LogP contribution in [0.25, 0.3) is 0 Å². The van der Waals surface area contributed by atoms with E-state index >= 15 is 0 Å². The van der Waals surface area contributed by atoms with Gasteiger partial charge in [-0.15, -0.1) is 0 Å². The third-order valence-electron chi connectivity index (χ3n) is 3.62. The summed E-state index contributed by atoms with van der Waals surface area (Å²) in [4.78, 5) is 0. The zero-order valence-electron chi connectivity index (χ0n) is 10.9. The number of rotatable bonds is 5. The van der Waals surface area contributed by atoms with Crippen molar-refractivity contribution < 1.29 is 24.4 Å². The van der Waals surface area contributed by atoms with Crippen molar-refractivity contribution in [1.29, 1.82) is 0 Å². The van der Waals surface area contributed by atoms with Crippen LogP contribution in [0.2, 0.25) is 0 Å². The lowest BCUT2D eigenvalue weighted by atomic mass is 9.84. The van der Waals surface area contributed by atoms with Crippen LogP contribution in [0.5, 0.6) is 0 Å². The Hall–Kier alpha value is -0.460. The molecule has 1 aliphatic carbocycles. The van der Waals surface area contributed by atoms with Crippen molar-refractivity contribution in [2.45, 2.75) is 39.0 Å². The SMILES string of the molecule is CCOC1C[C@H]2[C@H](O)C=C(CO)[C@H]2C(OCC)O1. The van der Waals surface area contributed by atoms with Crippen molar-refractivity contribution in [3.05, 3.63) is 11.6 Å².